The molecular formula is C18H25N5O3. The number of fused-ring (bicyclic) bond motifs is 1. The lowest BCUT2D eigenvalue weighted by Gasteiger charge is -2.20. The van der Waals surface area contributed by atoms with Crippen molar-refractivity contribution in [3.05, 3.63) is 12.7 Å². The van der Waals surface area contributed by atoms with E-state index in [4.69, 9.17) is 15.9 Å². The summed E-state index contributed by atoms with van der Waals surface area (Å²) in [4.78, 5) is 24.7. The quantitative estimate of drug-likeness (QED) is 0.797. The third-order valence-corrected chi connectivity index (χ3v) is 3.78. The van der Waals surface area contributed by atoms with Gasteiger partial charge in [0.25, 0.3) is 0 Å². The Bertz CT molecular complexity index is 799. The molecule has 0 radical (unpaired) electrons. The Labute approximate surface area is 153 Å². The molecule has 0 aliphatic rings. The zero-order chi connectivity index (χ0) is 19.3. The third-order valence-electron chi connectivity index (χ3n) is 3.78. The number of hydrogen-bond donors (Lipinski definition) is 1. The molecule has 2 atom stereocenters. The van der Waals surface area contributed by atoms with Crippen molar-refractivity contribution in [2.24, 2.45) is 0 Å². The maximum atomic E-state index is 12.0. The van der Waals surface area contributed by atoms with Gasteiger partial charge in [0.2, 0.25) is 0 Å². The number of carbonyl (C=O) groups excluding carboxylic acids is 1. The number of terminal acetylenes is 1. The smallest absolute Gasteiger partial charge is 0.413 e. The van der Waals surface area contributed by atoms with Crippen molar-refractivity contribution in [2.45, 2.75) is 58.3 Å². The molecule has 8 nitrogen and oxygen atoms in total. The van der Waals surface area contributed by atoms with Gasteiger partial charge in [-0.05, 0) is 27.2 Å². The second-order valence-electron chi connectivity index (χ2n) is 6.86. The Morgan fingerprint density at radius 2 is 2.12 bits per heavy atom. The van der Waals surface area contributed by atoms with Crippen LogP contribution >= 0.6 is 0 Å². The highest BCUT2D eigenvalue weighted by Crippen LogP contribution is 2.24. The van der Waals surface area contributed by atoms with Gasteiger partial charge in [0.15, 0.2) is 17.0 Å². The topological polar surface area (TPSA) is 91.2 Å². The van der Waals surface area contributed by atoms with E-state index in [1.54, 1.807) is 38.8 Å². The molecule has 0 saturated carbocycles. The summed E-state index contributed by atoms with van der Waals surface area (Å²) in [5.41, 5.74) is 0.378. The molecule has 140 valence electrons. The molecule has 2 aromatic heterocycles. The predicted molar refractivity (Wildman–Crippen MR) is 98.8 cm³/mol. The van der Waals surface area contributed by atoms with Gasteiger partial charge >= 0.3 is 6.09 Å². The summed E-state index contributed by atoms with van der Waals surface area (Å²) in [7, 11) is 1.67. The summed E-state index contributed by atoms with van der Waals surface area (Å²) in [5, 5.41) is 2.61. The second-order valence-corrected chi connectivity index (χ2v) is 6.86. The highest BCUT2D eigenvalue weighted by Gasteiger charge is 2.21. The van der Waals surface area contributed by atoms with Crippen LogP contribution in [0.5, 0.6) is 0 Å². The first-order valence-corrected chi connectivity index (χ1v) is 8.45. The summed E-state index contributed by atoms with van der Waals surface area (Å²) in [6.07, 6.45) is 9.59. The van der Waals surface area contributed by atoms with Gasteiger partial charge in [0.1, 0.15) is 11.9 Å². The van der Waals surface area contributed by atoms with Crippen molar-refractivity contribution in [3.8, 4) is 12.3 Å². The molecule has 2 rings (SSSR count). The maximum absolute atomic E-state index is 12.0. The standard InChI is InChI=1S/C18H25N5O3/c1-7-12(9-13(8-2)25-6)23-11-21-14-15(19-10-20-16(14)23)22-17(24)26-18(3,4)5/h1,10-13H,8-9H2,2-6H3,(H,19,20,22,24). The average Bonchev–Trinajstić information content (AvgIpc) is 2.99. The van der Waals surface area contributed by atoms with Crippen LogP contribution < -0.4 is 5.32 Å². The van der Waals surface area contributed by atoms with Crippen molar-refractivity contribution in [1.82, 2.24) is 19.5 Å². The number of hydrogen-bond acceptors (Lipinski definition) is 6. The number of nitrogens with one attached hydrogen (secondary N) is 1. The van der Waals surface area contributed by atoms with Crippen LogP contribution in [0, 0.1) is 12.3 Å². The highest BCUT2D eigenvalue weighted by atomic mass is 16.6. The minimum atomic E-state index is -0.612. The van der Waals surface area contributed by atoms with E-state index in [0.717, 1.165) is 6.42 Å². The first-order valence-electron chi connectivity index (χ1n) is 8.45. The monoisotopic (exact) mass is 359 g/mol. The molecule has 2 aromatic rings. The minimum Gasteiger partial charge on any atom is -0.444 e. The van der Waals surface area contributed by atoms with Crippen LogP contribution in [-0.4, -0.2) is 44.4 Å². The van der Waals surface area contributed by atoms with Gasteiger partial charge in [0.05, 0.1) is 18.5 Å². The van der Waals surface area contributed by atoms with Crippen LogP contribution in [0.2, 0.25) is 0 Å². The molecule has 0 spiro atoms. The number of carbonyl (C=O) groups is 1. The molecule has 0 aliphatic heterocycles. The number of rotatable bonds is 6. The Kier molecular flexibility index (Phi) is 6.16. The van der Waals surface area contributed by atoms with Crippen LogP contribution in [0.25, 0.3) is 11.2 Å². The number of aromatic nitrogens is 4. The van der Waals surface area contributed by atoms with Crippen LogP contribution in [-0.2, 0) is 9.47 Å². The minimum absolute atomic E-state index is 0.0368. The van der Waals surface area contributed by atoms with E-state index >= 15 is 0 Å². The summed E-state index contributed by atoms with van der Waals surface area (Å²) in [6, 6.07) is -0.269. The zero-order valence-electron chi connectivity index (χ0n) is 15.8. The van der Waals surface area contributed by atoms with E-state index in [-0.39, 0.29) is 18.0 Å². The van der Waals surface area contributed by atoms with Crippen molar-refractivity contribution in [3.63, 3.8) is 0 Å². The first-order chi connectivity index (χ1) is 12.3. The Balaban J connectivity index is 2.30. The molecular weight excluding hydrogens is 334 g/mol. The number of methoxy groups -OCH3 is 1. The van der Waals surface area contributed by atoms with E-state index in [9.17, 15) is 4.79 Å². The molecule has 2 heterocycles. The van der Waals surface area contributed by atoms with Gasteiger partial charge in [-0.25, -0.2) is 19.7 Å². The second kappa shape index (κ2) is 8.15. The summed E-state index contributed by atoms with van der Waals surface area (Å²) < 4.78 is 12.5. The number of anilines is 1. The molecule has 0 bridgehead atoms. The van der Waals surface area contributed by atoms with Gasteiger partial charge < -0.3 is 14.0 Å². The SMILES string of the molecule is C#CC(CC(CC)OC)n1cnc2c(NC(=O)OC(C)(C)C)ncnc21. The molecule has 1 amide bonds. The molecule has 2 unspecified atom stereocenters. The van der Waals surface area contributed by atoms with E-state index in [1.807, 2.05) is 6.92 Å². The third kappa shape index (κ3) is 4.70. The fourth-order valence-electron chi connectivity index (χ4n) is 2.51. The van der Waals surface area contributed by atoms with Crippen LogP contribution in [0.1, 0.15) is 46.6 Å². The first kappa shape index (κ1) is 19.7. The molecule has 26 heavy (non-hydrogen) atoms. The number of ether oxygens (including phenoxy) is 2. The van der Waals surface area contributed by atoms with Gasteiger partial charge in [0, 0.05) is 13.5 Å². The van der Waals surface area contributed by atoms with Crippen molar-refractivity contribution >= 4 is 23.1 Å². The lowest BCUT2D eigenvalue weighted by Crippen LogP contribution is -2.27. The van der Waals surface area contributed by atoms with Crippen LogP contribution in [0.15, 0.2) is 12.7 Å². The van der Waals surface area contributed by atoms with E-state index < -0.39 is 11.7 Å². The van der Waals surface area contributed by atoms with Gasteiger partial charge in [-0.15, -0.1) is 6.42 Å². The number of amides is 1. The lowest BCUT2D eigenvalue weighted by molar-refractivity contribution is 0.0635. The maximum Gasteiger partial charge on any atom is 0.413 e. The summed E-state index contributed by atoms with van der Waals surface area (Å²) >= 11 is 0. The van der Waals surface area contributed by atoms with E-state index in [0.29, 0.717) is 17.6 Å². The van der Waals surface area contributed by atoms with E-state index in [1.165, 1.54) is 6.33 Å². The Hall–Kier alpha value is -2.66. The summed E-state index contributed by atoms with van der Waals surface area (Å²) in [6.45, 7) is 7.40. The summed E-state index contributed by atoms with van der Waals surface area (Å²) in [5.74, 6) is 3.03. The zero-order valence-corrected chi connectivity index (χ0v) is 15.8. The van der Waals surface area contributed by atoms with Crippen molar-refractivity contribution in [2.75, 3.05) is 12.4 Å². The van der Waals surface area contributed by atoms with Gasteiger partial charge in [-0.3, -0.25) is 5.32 Å². The number of imidazole rings is 1. The van der Waals surface area contributed by atoms with Crippen molar-refractivity contribution in [1.29, 1.82) is 0 Å². The van der Waals surface area contributed by atoms with Crippen LogP contribution in [0.3, 0.4) is 0 Å². The molecule has 0 aromatic carbocycles. The predicted octanol–water partition coefficient (Wildman–Crippen LogP) is 3.16. The van der Waals surface area contributed by atoms with Crippen LogP contribution in [0.4, 0.5) is 10.6 Å². The molecule has 0 saturated heterocycles. The highest BCUT2D eigenvalue weighted by molar-refractivity contribution is 5.93. The fraction of sp³-hybridized carbons (Fsp3) is 0.556. The van der Waals surface area contributed by atoms with Gasteiger partial charge in [-0.1, -0.05) is 12.8 Å². The Morgan fingerprint density at radius 1 is 1.38 bits per heavy atom. The lowest BCUT2D eigenvalue weighted by atomic mass is 10.1. The number of nitrogens with zero attached hydrogens (tertiary/aromatic N) is 4. The molecule has 1 N–H and O–H groups in total. The fourth-order valence-corrected chi connectivity index (χ4v) is 2.51. The Morgan fingerprint density at radius 3 is 2.69 bits per heavy atom. The normalized spacial score (nSPS) is 13.8. The molecule has 0 aliphatic carbocycles. The molecule has 8 heteroatoms. The van der Waals surface area contributed by atoms with E-state index in [2.05, 4.69) is 26.2 Å². The van der Waals surface area contributed by atoms with Crippen molar-refractivity contribution < 1.29 is 14.3 Å². The van der Waals surface area contributed by atoms with Gasteiger partial charge in [-0.2, -0.15) is 0 Å². The largest absolute Gasteiger partial charge is 0.444 e. The molecule has 0 fully saturated rings. The average molecular weight is 359 g/mol.